The maximum absolute atomic E-state index is 13.3. The van der Waals surface area contributed by atoms with Gasteiger partial charge in [0.05, 0.1) is 11.7 Å². The van der Waals surface area contributed by atoms with E-state index in [9.17, 15) is 9.59 Å². The third-order valence-corrected chi connectivity index (χ3v) is 6.52. The molecule has 4 aromatic rings. The number of hydrogen-bond donors (Lipinski definition) is 0. The Labute approximate surface area is 186 Å². The van der Waals surface area contributed by atoms with Crippen LogP contribution in [0.15, 0.2) is 70.2 Å². The van der Waals surface area contributed by atoms with Crippen LogP contribution in [-0.4, -0.2) is 27.4 Å². The number of thiophene rings is 1. The third-order valence-electron chi connectivity index (χ3n) is 4.98. The van der Waals surface area contributed by atoms with Crippen molar-refractivity contribution in [2.75, 3.05) is 7.05 Å². The van der Waals surface area contributed by atoms with Gasteiger partial charge in [0.2, 0.25) is 5.91 Å². The second-order valence-corrected chi connectivity index (χ2v) is 9.25. The van der Waals surface area contributed by atoms with Crippen LogP contribution in [0, 0.1) is 6.92 Å². The number of benzene rings is 2. The molecule has 0 N–H and O–H groups in total. The summed E-state index contributed by atoms with van der Waals surface area (Å²) < 4.78 is 2.38. The van der Waals surface area contributed by atoms with Crippen molar-refractivity contribution in [2.24, 2.45) is 0 Å². The van der Waals surface area contributed by atoms with E-state index in [0.717, 1.165) is 26.0 Å². The van der Waals surface area contributed by atoms with Crippen molar-refractivity contribution in [2.45, 2.75) is 20.0 Å². The molecule has 0 unspecified atom stereocenters. The number of nitrogens with zero attached hydrogens (tertiary/aromatic N) is 3. The number of rotatable bonds is 5. The SMILES string of the molecule is Cc1sc2ncn(CC(=O)N(C)Cc3ccccc3)c(=O)c2c1-c1ccc(Br)cc1. The van der Waals surface area contributed by atoms with Crippen LogP contribution in [0.4, 0.5) is 0 Å². The van der Waals surface area contributed by atoms with E-state index in [0.29, 0.717) is 16.8 Å². The Hall–Kier alpha value is -2.77. The average molecular weight is 482 g/mol. The molecule has 0 spiro atoms. The second-order valence-electron chi connectivity index (χ2n) is 7.13. The van der Waals surface area contributed by atoms with Gasteiger partial charge in [-0.15, -0.1) is 11.3 Å². The van der Waals surface area contributed by atoms with Crippen molar-refractivity contribution in [3.05, 3.63) is 86.2 Å². The number of halogens is 1. The third kappa shape index (κ3) is 4.08. The number of aromatic nitrogens is 2. The molecule has 5 nitrogen and oxygen atoms in total. The van der Waals surface area contributed by atoms with Crippen LogP contribution in [0.25, 0.3) is 21.3 Å². The molecule has 152 valence electrons. The number of fused-ring (bicyclic) bond motifs is 1. The first-order chi connectivity index (χ1) is 14.4. The normalized spacial score (nSPS) is 11.0. The topological polar surface area (TPSA) is 55.2 Å². The standard InChI is InChI=1S/C23H20BrN3O2S/c1-15-20(17-8-10-18(24)11-9-17)21-22(30-15)25-14-27(23(21)29)13-19(28)26(2)12-16-6-4-3-5-7-16/h3-11,14H,12-13H2,1-2H3. The van der Waals surface area contributed by atoms with Gasteiger partial charge in [0.1, 0.15) is 11.4 Å². The van der Waals surface area contributed by atoms with Crippen molar-refractivity contribution in [3.63, 3.8) is 0 Å². The molecule has 0 bridgehead atoms. The molecule has 2 aromatic carbocycles. The highest BCUT2D eigenvalue weighted by Gasteiger charge is 2.18. The van der Waals surface area contributed by atoms with E-state index in [4.69, 9.17) is 0 Å². The quantitative estimate of drug-likeness (QED) is 0.409. The van der Waals surface area contributed by atoms with Crippen LogP contribution >= 0.6 is 27.3 Å². The van der Waals surface area contributed by atoms with E-state index < -0.39 is 0 Å². The zero-order valence-corrected chi connectivity index (χ0v) is 19.0. The van der Waals surface area contributed by atoms with Crippen molar-refractivity contribution >= 4 is 43.4 Å². The molecule has 0 saturated heterocycles. The van der Waals surface area contributed by atoms with Crippen molar-refractivity contribution in [1.29, 1.82) is 0 Å². The number of hydrogen-bond acceptors (Lipinski definition) is 4. The second kappa shape index (κ2) is 8.53. The van der Waals surface area contributed by atoms with E-state index in [1.54, 1.807) is 11.9 Å². The first kappa shape index (κ1) is 20.5. The van der Waals surface area contributed by atoms with Gasteiger partial charge in [0.25, 0.3) is 5.56 Å². The summed E-state index contributed by atoms with van der Waals surface area (Å²) in [4.78, 5) is 33.8. The first-order valence-corrected chi connectivity index (χ1v) is 11.1. The Morgan fingerprint density at radius 2 is 1.83 bits per heavy atom. The summed E-state index contributed by atoms with van der Waals surface area (Å²) in [6.45, 7) is 2.44. The first-order valence-electron chi connectivity index (χ1n) is 9.46. The maximum Gasteiger partial charge on any atom is 0.263 e. The highest BCUT2D eigenvalue weighted by Crippen LogP contribution is 2.35. The van der Waals surface area contributed by atoms with Gasteiger partial charge in [0.15, 0.2) is 0 Å². The molecule has 0 radical (unpaired) electrons. The number of carbonyl (C=O) groups is 1. The Balaban J connectivity index is 1.66. The van der Waals surface area contributed by atoms with Gasteiger partial charge in [-0.3, -0.25) is 14.2 Å². The van der Waals surface area contributed by atoms with Crippen LogP contribution in [0.5, 0.6) is 0 Å². The minimum Gasteiger partial charge on any atom is -0.340 e. The van der Waals surface area contributed by atoms with Crippen LogP contribution < -0.4 is 5.56 Å². The minimum atomic E-state index is -0.191. The number of likely N-dealkylation sites (N-methyl/N-ethyl adjacent to an activating group) is 1. The lowest BCUT2D eigenvalue weighted by Gasteiger charge is -2.18. The van der Waals surface area contributed by atoms with Crippen LogP contribution in [0.2, 0.25) is 0 Å². The van der Waals surface area contributed by atoms with Gasteiger partial charge in [0, 0.05) is 28.5 Å². The fourth-order valence-electron chi connectivity index (χ4n) is 3.43. The van der Waals surface area contributed by atoms with E-state index in [1.807, 2.05) is 61.5 Å². The molecule has 0 aliphatic heterocycles. The molecule has 30 heavy (non-hydrogen) atoms. The summed E-state index contributed by atoms with van der Waals surface area (Å²) in [5.41, 5.74) is 2.70. The van der Waals surface area contributed by atoms with Gasteiger partial charge >= 0.3 is 0 Å². The number of carbonyl (C=O) groups excluding carboxylic acids is 1. The molecule has 0 atom stereocenters. The lowest BCUT2D eigenvalue weighted by atomic mass is 10.0. The van der Waals surface area contributed by atoms with Crippen LogP contribution in [-0.2, 0) is 17.9 Å². The summed E-state index contributed by atoms with van der Waals surface area (Å²) in [6, 6.07) is 17.6. The van der Waals surface area contributed by atoms with Crippen molar-refractivity contribution in [3.8, 4) is 11.1 Å². The lowest BCUT2D eigenvalue weighted by Crippen LogP contribution is -2.33. The molecule has 2 heterocycles. The zero-order chi connectivity index (χ0) is 21.3. The zero-order valence-electron chi connectivity index (χ0n) is 16.6. The molecule has 1 amide bonds. The summed E-state index contributed by atoms with van der Waals surface area (Å²) in [7, 11) is 1.74. The highest BCUT2D eigenvalue weighted by molar-refractivity contribution is 9.10. The summed E-state index contributed by atoms with van der Waals surface area (Å²) >= 11 is 4.95. The van der Waals surface area contributed by atoms with Gasteiger partial charge in [-0.25, -0.2) is 4.98 Å². The summed E-state index contributed by atoms with van der Waals surface area (Å²) in [5.74, 6) is -0.140. The largest absolute Gasteiger partial charge is 0.340 e. The Kier molecular flexibility index (Phi) is 5.83. The highest BCUT2D eigenvalue weighted by atomic mass is 79.9. The Morgan fingerprint density at radius 3 is 2.53 bits per heavy atom. The van der Waals surface area contributed by atoms with Gasteiger partial charge in [-0.05, 0) is 30.2 Å². The summed E-state index contributed by atoms with van der Waals surface area (Å²) in [5, 5.41) is 0.570. The molecular formula is C23H20BrN3O2S. The predicted octanol–water partition coefficient (Wildman–Crippen LogP) is 4.85. The van der Waals surface area contributed by atoms with Crippen LogP contribution in [0.1, 0.15) is 10.4 Å². The molecule has 0 saturated carbocycles. The van der Waals surface area contributed by atoms with Crippen molar-refractivity contribution in [1.82, 2.24) is 14.5 Å². The number of aryl methyl sites for hydroxylation is 1. The van der Waals surface area contributed by atoms with Gasteiger partial charge in [-0.2, -0.15) is 0 Å². The molecule has 4 rings (SSSR count). The van der Waals surface area contributed by atoms with E-state index in [-0.39, 0.29) is 18.0 Å². The lowest BCUT2D eigenvalue weighted by molar-refractivity contribution is -0.131. The van der Waals surface area contributed by atoms with E-state index in [1.165, 1.54) is 22.2 Å². The summed E-state index contributed by atoms with van der Waals surface area (Å²) in [6.07, 6.45) is 1.47. The predicted molar refractivity (Wildman–Crippen MR) is 125 cm³/mol. The van der Waals surface area contributed by atoms with Gasteiger partial charge < -0.3 is 4.90 Å². The van der Waals surface area contributed by atoms with Crippen LogP contribution in [0.3, 0.4) is 0 Å². The number of amides is 1. The fourth-order valence-corrected chi connectivity index (χ4v) is 4.69. The Bertz CT molecular complexity index is 1260. The minimum absolute atomic E-state index is 0.0419. The molecule has 0 aliphatic carbocycles. The smallest absolute Gasteiger partial charge is 0.263 e. The molecule has 2 aromatic heterocycles. The molecular weight excluding hydrogens is 462 g/mol. The molecule has 0 aliphatic rings. The van der Waals surface area contributed by atoms with Crippen molar-refractivity contribution < 1.29 is 4.79 Å². The molecule has 0 fully saturated rings. The average Bonchev–Trinajstić information content (AvgIpc) is 3.08. The molecule has 7 heteroatoms. The van der Waals surface area contributed by atoms with E-state index in [2.05, 4.69) is 20.9 Å². The van der Waals surface area contributed by atoms with Gasteiger partial charge in [-0.1, -0.05) is 58.4 Å². The fraction of sp³-hybridized carbons (Fsp3) is 0.174. The Morgan fingerprint density at radius 1 is 1.13 bits per heavy atom. The maximum atomic E-state index is 13.3. The van der Waals surface area contributed by atoms with E-state index >= 15 is 0 Å². The monoisotopic (exact) mass is 481 g/mol.